The molecule has 0 aromatic heterocycles. The summed E-state index contributed by atoms with van der Waals surface area (Å²) in [5.74, 6) is -0.889. The third-order valence-corrected chi connectivity index (χ3v) is 3.21. The normalized spacial score (nSPS) is 10.2. The van der Waals surface area contributed by atoms with Crippen molar-refractivity contribution in [2.75, 3.05) is 18.5 Å². The summed E-state index contributed by atoms with van der Waals surface area (Å²) >= 11 is 0. The summed E-state index contributed by atoms with van der Waals surface area (Å²) in [6, 6.07) is 12.6. The van der Waals surface area contributed by atoms with Gasteiger partial charge in [-0.2, -0.15) is 0 Å². The average Bonchev–Trinajstić information content (AvgIpc) is 2.57. The minimum atomic E-state index is -0.392. The molecule has 2 aromatic carbocycles. The molecule has 0 aliphatic heterocycles. The summed E-state index contributed by atoms with van der Waals surface area (Å²) in [4.78, 5) is 23.4. The van der Waals surface area contributed by atoms with E-state index in [9.17, 15) is 14.0 Å². The highest BCUT2D eigenvalue weighted by Crippen LogP contribution is 2.10. The Bertz CT molecular complexity index is 684. The number of carbonyl (C=O) groups excluding carboxylic acids is 2. The van der Waals surface area contributed by atoms with Gasteiger partial charge in [0, 0.05) is 12.2 Å². The van der Waals surface area contributed by atoms with Gasteiger partial charge in [0.25, 0.3) is 0 Å². The molecule has 0 atom stereocenters. The van der Waals surface area contributed by atoms with Crippen LogP contribution in [0.3, 0.4) is 0 Å². The van der Waals surface area contributed by atoms with Crippen LogP contribution in [-0.2, 0) is 16.1 Å². The monoisotopic (exact) mass is 330 g/mol. The van der Waals surface area contributed by atoms with Crippen LogP contribution in [0.25, 0.3) is 0 Å². The second-order valence-electron chi connectivity index (χ2n) is 5.08. The van der Waals surface area contributed by atoms with Gasteiger partial charge in [0.2, 0.25) is 5.91 Å². The topological polar surface area (TPSA) is 67.4 Å². The smallest absolute Gasteiger partial charge is 0.338 e. The van der Waals surface area contributed by atoms with Gasteiger partial charge in [-0.15, -0.1) is 0 Å². The Kier molecular flexibility index (Phi) is 6.45. The Morgan fingerprint density at radius 1 is 1.04 bits per heavy atom. The Hall–Kier alpha value is -2.73. The van der Waals surface area contributed by atoms with Crippen molar-refractivity contribution in [1.29, 1.82) is 0 Å². The van der Waals surface area contributed by atoms with Gasteiger partial charge in [-0.25, -0.2) is 9.18 Å². The lowest BCUT2D eigenvalue weighted by molar-refractivity contribution is -0.115. The van der Waals surface area contributed by atoms with Gasteiger partial charge >= 0.3 is 5.97 Å². The molecule has 24 heavy (non-hydrogen) atoms. The zero-order valence-electron chi connectivity index (χ0n) is 13.3. The van der Waals surface area contributed by atoms with Gasteiger partial charge in [0.1, 0.15) is 5.82 Å². The summed E-state index contributed by atoms with van der Waals surface area (Å²) in [5.41, 5.74) is 1.92. The maximum Gasteiger partial charge on any atom is 0.338 e. The molecule has 6 heteroatoms. The molecule has 0 saturated heterocycles. The van der Waals surface area contributed by atoms with Crippen LogP contribution in [0.4, 0.5) is 10.1 Å². The molecule has 0 fully saturated rings. The van der Waals surface area contributed by atoms with Crippen LogP contribution in [0, 0.1) is 5.82 Å². The standard InChI is InChI=1S/C18H19FN2O3/c1-2-24-18(23)14-5-9-16(10-6-14)21-17(22)12-20-11-13-3-7-15(19)8-4-13/h3-10,20H,2,11-12H2,1H3,(H,21,22). The van der Waals surface area contributed by atoms with Gasteiger partial charge in [-0.05, 0) is 48.9 Å². The number of carbonyl (C=O) groups is 2. The molecule has 0 unspecified atom stereocenters. The summed E-state index contributed by atoms with van der Waals surface area (Å²) in [6.07, 6.45) is 0. The van der Waals surface area contributed by atoms with E-state index >= 15 is 0 Å². The number of benzene rings is 2. The van der Waals surface area contributed by atoms with Gasteiger partial charge < -0.3 is 15.4 Å². The number of anilines is 1. The molecule has 0 aliphatic carbocycles. The van der Waals surface area contributed by atoms with Crippen molar-refractivity contribution in [3.05, 3.63) is 65.5 Å². The molecule has 1 amide bonds. The van der Waals surface area contributed by atoms with E-state index < -0.39 is 5.97 Å². The number of hydrogen-bond acceptors (Lipinski definition) is 4. The predicted molar refractivity (Wildman–Crippen MR) is 89.1 cm³/mol. The molecule has 2 rings (SSSR count). The first kappa shape index (κ1) is 17.6. The molecule has 126 valence electrons. The van der Waals surface area contributed by atoms with Gasteiger partial charge in [-0.3, -0.25) is 4.79 Å². The first-order chi connectivity index (χ1) is 11.6. The molecule has 5 nitrogen and oxygen atoms in total. The molecule has 0 spiro atoms. The fourth-order valence-electron chi connectivity index (χ4n) is 2.03. The maximum atomic E-state index is 12.8. The van der Waals surface area contributed by atoms with Crippen LogP contribution < -0.4 is 10.6 Å². The minimum absolute atomic E-state index is 0.122. The zero-order valence-corrected chi connectivity index (χ0v) is 13.3. The average molecular weight is 330 g/mol. The second-order valence-corrected chi connectivity index (χ2v) is 5.08. The Morgan fingerprint density at radius 2 is 1.71 bits per heavy atom. The fraction of sp³-hybridized carbons (Fsp3) is 0.222. The molecular formula is C18H19FN2O3. The lowest BCUT2D eigenvalue weighted by atomic mass is 10.2. The molecule has 0 saturated carbocycles. The highest BCUT2D eigenvalue weighted by molar-refractivity contribution is 5.93. The van der Waals surface area contributed by atoms with Crippen molar-refractivity contribution < 1.29 is 18.7 Å². The molecule has 0 bridgehead atoms. The Balaban J connectivity index is 1.77. The molecule has 2 aromatic rings. The summed E-state index contributed by atoms with van der Waals surface area (Å²) in [7, 11) is 0. The van der Waals surface area contributed by atoms with Crippen LogP contribution in [0.2, 0.25) is 0 Å². The number of halogens is 1. The van der Waals surface area contributed by atoms with Crippen molar-refractivity contribution >= 4 is 17.6 Å². The van der Waals surface area contributed by atoms with Crippen molar-refractivity contribution in [1.82, 2.24) is 5.32 Å². The SMILES string of the molecule is CCOC(=O)c1ccc(NC(=O)CNCc2ccc(F)cc2)cc1. The third-order valence-electron chi connectivity index (χ3n) is 3.21. The van der Waals surface area contributed by atoms with E-state index in [0.29, 0.717) is 24.4 Å². The van der Waals surface area contributed by atoms with E-state index in [1.54, 1.807) is 43.3 Å². The molecule has 2 N–H and O–H groups in total. The Labute approximate surface area is 139 Å². The minimum Gasteiger partial charge on any atom is -0.462 e. The quantitative estimate of drug-likeness (QED) is 0.766. The number of rotatable bonds is 7. The number of amides is 1. The third kappa shape index (κ3) is 5.48. The van der Waals surface area contributed by atoms with E-state index in [2.05, 4.69) is 10.6 Å². The van der Waals surface area contributed by atoms with Gasteiger partial charge in [0.15, 0.2) is 0 Å². The van der Waals surface area contributed by atoms with Crippen molar-refractivity contribution in [2.45, 2.75) is 13.5 Å². The van der Waals surface area contributed by atoms with Gasteiger partial charge in [-0.1, -0.05) is 12.1 Å². The highest BCUT2D eigenvalue weighted by Gasteiger charge is 2.07. The number of nitrogens with one attached hydrogen (secondary N) is 2. The van der Waals surface area contributed by atoms with E-state index in [1.807, 2.05) is 0 Å². The van der Waals surface area contributed by atoms with Crippen molar-refractivity contribution in [2.24, 2.45) is 0 Å². The van der Waals surface area contributed by atoms with E-state index in [4.69, 9.17) is 4.74 Å². The highest BCUT2D eigenvalue weighted by atomic mass is 19.1. The number of ether oxygens (including phenoxy) is 1. The molecule has 0 aliphatic rings. The zero-order chi connectivity index (χ0) is 17.4. The van der Waals surface area contributed by atoms with Crippen LogP contribution in [-0.4, -0.2) is 25.0 Å². The van der Waals surface area contributed by atoms with Crippen molar-refractivity contribution in [3.63, 3.8) is 0 Å². The predicted octanol–water partition coefficient (Wildman–Crippen LogP) is 2.73. The van der Waals surface area contributed by atoms with Gasteiger partial charge in [0.05, 0.1) is 18.7 Å². The van der Waals surface area contributed by atoms with Crippen LogP contribution >= 0.6 is 0 Å². The van der Waals surface area contributed by atoms with Crippen molar-refractivity contribution in [3.8, 4) is 0 Å². The number of hydrogen-bond donors (Lipinski definition) is 2. The van der Waals surface area contributed by atoms with E-state index in [-0.39, 0.29) is 18.3 Å². The van der Waals surface area contributed by atoms with E-state index in [1.165, 1.54) is 12.1 Å². The largest absolute Gasteiger partial charge is 0.462 e. The summed E-state index contributed by atoms with van der Waals surface area (Å²) in [5, 5.41) is 5.70. The summed E-state index contributed by atoms with van der Waals surface area (Å²) < 4.78 is 17.7. The molecule has 0 heterocycles. The lowest BCUT2D eigenvalue weighted by Gasteiger charge is -2.08. The summed E-state index contributed by atoms with van der Waals surface area (Å²) in [6.45, 7) is 2.65. The number of esters is 1. The second kappa shape index (κ2) is 8.79. The van der Waals surface area contributed by atoms with E-state index in [0.717, 1.165) is 5.56 Å². The lowest BCUT2D eigenvalue weighted by Crippen LogP contribution is -2.27. The Morgan fingerprint density at radius 3 is 2.33 bits per heavy atom. The van der Waals surface area contributed by atoms with Crippen LogP contribution in [0.5, 0.6) is 0 Å². The fourth-order valence-corrected chi connectivity index (χ4v) is 2.03. The maximum absolute atomic E-state index is 12.8. The van der Waals surface area contributed by atoms with Crippen LogP contribution in [0.1, 0.15) is 22.8 Å². The first-order valence-electron chi connectivity index (χ1n) is 7.60. The first-order valence-corrected chi connectivity index (χ1v) is 7.60. The molecular weight excluding hydrogens is 311 g/mol. The van der Waals surface area contributed by atoms with Crippen LogP contribution in [0.15, 0.2) is 48.5 Å². The molecule has 0 radical (unpaired) electrons.